The molecule has 0 saturated carbocycles. The van der Waals surface area contributed by atoms with E-state index in [1.807, 2.05) is 0 Å². The third kappa shape index (κ3) is 6.16. The largest absolute Gasteiger partial charge is 0.454 e. The normalized spacial score (nSPS) is 11.8. The SMILES string of the molecule is CN(CC(=O)NC(=O)Nc1ccc2c(c1)OCO2)CC(=O)Nc1ccc(Br)cn1. The van der Waals surface area contributed by atoms with E-state index in [0.29, 0.717) is 23.0 Å². The zero-order valence-corrected chi connectivity index (χ0v) is 17.0. The summed E-state index contributed by atoms with van der Waals surface area (Å²) in [4.78, 5) is 41.5. The number of ether oxygens (including phenoxy) is 2. The minimum Gasteiger partial charge on any atom is -0.454 e. The standard InChI is InChI=1S/C18H18BrN5O5/c1-24(8-16(25)22-15-5-2-11(19)7-20-15)9-17(26)23-18(27)21-12-3-4-13-14(6-12)29-10-28-13/h2-7H,8-10H2,1H3,(H,20,22,25)(H2,21,23,26,27). The Morgan fingerprint density at radius 2 is 1.83 bits per heavy atom. The van der Waals surface area contributed by atoms with Crippen molar-refractivity contribution in [2.45, 2.75) is 0 Å². The molecule has 152 valence electrons. The predicted molar refractivity (Wildman–Crippen MR) is 108 cm³/mol. The molecule has 2 aromatic rings. The molecule has 0 unspecified atom stereocenters. The molecule has 3 N–H and O–H groups in total. The van der Waals surface area contributed by atoms with E-state index in [2.05, 4.69) is 36.9 Å². The van der Waals surface area contributed by atoms with Gasteiger partial charge in [-0.15, -0.1) is 0 Å². The van der Waals surface area contributed by atoms with Gasteiger partial charge in [-0.25, -0.2) is 9.78 Å². The highest BCUT2D eigenvalue weighted by molar-refractivity contribution is 9.10. The number of hydrogen-bond acceptors (Lipinski definition) is 7. The summed E-state index contributed by atoms with van der Waals surface area (Å²) in [5.74, 6) is 0.616. The van der Waals surface area contributed by atoms with Gasteiger partial charge in [0.05, 0.1) is 13.1 Å². The summed E-state index contributed by atoms with van der Waals surface area (Å²) in [5.41, 5.74) is 0.453. The van der Waals surface area contributed by atoms with Crippen molar-refractivity contribution in [1.82, 2.24) is 15.2 Å². The van der Waals surface area contributed by atoms with Crippen molar-refractivity contribution in [3.05, 3.63) is 41.0 Å². The maximum Gasteiger partial charge on any atom is 0.325 e. The van der Waals surface area contributed by atoms with Crippen molar-refractivity contribution in [2.75, 3.05) is 37.6 Å². The number of rotatable bonds is 6. The summed E-state index contributed by atoms with van der Waals surface area (Å²) in [6.07, 6.45) is 1.56. The number of nitrogens with zero attached hydrogens (tertiary/aromatic N) is 2. The van der Waals surface area contributed by atoms with Crippen LogP contribution in [0.1, 0.15) is 0 Å². The van der Waals surface area contributed by atoms with E-state index < -0.39 is 11.9 Å². The van der Waals surface area contributed by atoms with Gasteiger partial charge >= 0.3 is 6.03 Å². The monoisotopic (exact) mass is 463 g/mol. The highest BCUT2D eigenvalue weighted by Crippen LogP contribution is 2.34. The second-order valence-electron chi connectivity index (χ2n) is 6.15. The summed E-state index contributed by atoms with van der Waals surface area (Å²) in [7, 11) is 1.59. The summed E-state index contributed by atoms with van der Waals surface area (Å²) < 4.78 is 11.2. The lowest BCUT2D eigenvalue weighted by Gasteiger charge is -2.15. The fourth-order valence-corrected chi connectivity index (χ4v) is 2.72. The van der Waals surface area contributed by atoms with Gasteiger partial charge in [-0.3, -0.25) is 19.8 Å². The summed E-state index contributed by atoms with van der Waals surface area (Å²) >= 11 is 3.26. The summed E-state index contributed by atoms with van der Waals surface area (Å²) in [6, 6.07) is 7.59. The lowest BCUT2D eigenvalue weighted by atomic mass is 10.3. The van der Waals surface area contributed by atoms with Crippen LogP contribution in [0.5, 0.6) is 11.5 Å². The molecule has 3 rings (SSSR count). The number of carbonyl (C=O) groups excluding carboxylic acids is 3. The number of anilines is 2. The maximum absolute atomic E-state index is 12.0. The van der Waals surface area contributed by atoms with Gasteiger partial charge in [-0.05, 0) is 47.2 Å². The average molecular weight is 464 g/mol. The first kappa shape index (κ1) is 20.6. The first-order valence-electron chi connectivity index (χ1n) is 8.49. The van der Waals surface area contributed by atoms with Crippen LogP contribution in [0, 0.1) is 0 Å². The minimum atomic E-state index is -0.689. The number of hydrogen-bond donors (Lipinski definition) is 3. The van der Waals surface area contributed by atoms with Crippen molar-refractivity contribution < 1.29 is 23.9 Å². The van der Waals surface area contributed by atoms with Gasteiger partial charge in [0, 0.05) is 22.4 Å². The van der Waals surface area contributed by atoms with Crippen LogP contribution in [0.4, 0.5) is 16.3 Å². The molecule has 11 heteroatoms. The molecule has 1 aromatic heterocycles. The zero-order chi connectivity index (χ0) is 20.8. The molecule has 29 heavy (non-hydrogen) atoms. The molecule has 0 atom stereocenters. The lowest BCUT2D eigenvalue weighted by Crippen LogP contribution is -2.42. The van der Waals surface area contributed by atoms with E-state index in [9.17, 15) is 14.4 Å². The van der Waals surface area contributed by atoms with Crippen LogP contribution in [-0.2, 0) is 9.59 Å². The molecule has 1 aliphatic rings. The van der Waals surface area contributed by atoms with E-state index >= 15 is 0 Å². The van der Waals surface area contributed by atoms with Gasteiger partial charge < -0.3 is 20.1 Å². The van der Waals surface area contributed by atoms with Crippen LogP contribution in [-0.4, -0.2) is 54.7 Å². The Morgan fingerprint density at radius 1 is 1.07 bits per heavy atom. The van der Waals surface area contributed by atoms with Crippen LogP contribution in [0.25, 0.3) is 0 Å². The molecule has 2 heterocycles. The Balaban J connectivity index is 1.41. The van der Waals surface area contributed by atoms with Gasteiger partial charge in [0.2, 0.25) is 18.6 Å². The molecule has 0 fully saturated rings. The fourth-order valence-electron chi connectivity index (χ4n) is 2.48. The fraction of sp³-hybridized carbons (Fsp3) is 0.222. The number of fused-ring (bicyclic) bond motifs is 1. The number of carbonyl (C=O) groups is 3. The molecular weight excluding hydrogens is 446 g/mol. The smallest absolute Gasteiger partial charge is 0.325 e. The molecular formula is C18H18BrN5O5. The number of aromatic nitrogens is 1. The van der Waals surface area contributed by atoms with E-state index in [-0.39, 0.29) is 25.8 Å². The molecule has 10 nitrogen and oxygen atoms in total. The summed E-state index contributed by atoms with van der Waals surface area (Å²) in [6.45, 7) is -0.0635. The van der Waals surface area contributed by atoms with Gasteiger partial charge in [0.1, 0.15) is 5.82 Å². The predicted octanol–water partition coefficient (Wildman–Crippen LogP) is 1.79. The third-order valence-electron chi connectivity index (χ3n) is 3.71. The van der Waals surface area contributed by atoms with E-state index in [1.165, 1.54) is 4.90 Å². The van der Waals surface area contributed by atoms with Crippen molar-refractivity contribution in [2.24, 2.45) is 0 Å². The van der Waals surface area contributed by atoms with Crippen LogP contribution in [0.3, 0.4) is 0 Å². The molecule has 1 aliphatic heterocycles. The first-order valence-corrected chi connectivity index (χ1v) is 9.29. The van der Waals surface area contributed by atoms with Crippen molar-refractivity contribution in [3.63, 3.8) is 0 Å². The highest BCUT2D eigenvalue weighted by Gasteiger charge is 2.16. The molecule has 1 aromatic carbocycles. The molecule has 0 spiro atoms. The van der Waals surface area contributed by atoms with Crippen LogP contribution in [0.2, 0.25) is 0 Å². The van der Waals surface area contributed by atoms with E-state index in [0.717, 1.165) is 4.47 Å². The van der Waals surface area contributed by atoms with Crippen LogP contribution < -0.4 is 25.4 Å². The second-order valence-corrected chi connectivity index (χ2v) is 7.07. The zero-order valence-electron chi connectivity index (χ0n) is 15.4. The van der Waals surface area contributed by atoms with Gasteiger partial charge in [0.25, 0.3) is 0 Å². The Labute approximate surface area is 174 Å². The lowest BCUT2D eigenvalue weighted by molar-refractivity contribution is -0.122. The molecule has 0 aliphatic carbocycles. The quantitative estimate of drug-likeness (QED) is 0.596. The van der Waals surface area contributed by atoms with Crippen molar-refractivity contribution >= 4 is 45.3 Å². The van der Waals surface area contributed by atoms with Crippen molar-refractivity contribution in [1.29, 1.82) is 0 Å². The molecule has 0 radical (unpaired) electrons. The summed E-state index contributed by atoms with van der Waals surface area (Å²) in [5, 5.41) is 7.36. The van der Waals surface area contributed by atoms with E-state index in [4.69, 9.17) is 9.47 Å². The number of benzene rings is 1. The third-order valence-corrected chi connectivity index (χ3v) is 4.17. The number of nitrogens with one attached hydrogen (secondary N) is 3. The van der Waals surface area contributed by atoms with Crippen LogP contribution in [0.15, 0.2) is 41.0 Å². The topological polar surface area (TPSA) is 122 Å². The van der Waals surface area contributed by atoms with Gasteiger partial charge in [0.15, 0.2) is 11.5 Å². The molecule has 4 amide bonds. The number of urea groups is 1. The van der Waals surface area contributed by atoms with E-state index in [1.54, 1.807) is 43.6 Å². The highest BCUT2D eigenvalue weighted by atomic mass is 79.9. The number of amides is 4. The molecule has 0 bridgehead atoms. The van der Waals surface area contributed by atoms with Crippen molar-refractivity contribution in [3.8, 4) is 11.5 Å². The first-order chi connectivity index (χ1) is 13.9. The minimum absolute atomic E-state index is 0.0467. The Kier molecular flexibility index (Phi) is 6.62. The van der Waals surface area contributed by atoms with Gasteiger partial charge in [-0.1, -0.05) is 0 Å². The Morgan fingerprint density at radius 3 is 2.59 bits per heavy atom. The molecule has 0 saturated heterocycles. The maximum atomic E-state index is 12.0. The number of pyridine rings is 1. The van der Waals surface area contributed by atoms with Gasteiger partial charge in [-0.2, -0.15) is 0 Å². The average Bonchev–Trinajstić information content (AvgIpc) is 3.10. The second kappa shape index (κ2) is 9.34. The number of imide groups is 1. The number of halogens is 1. The van der Waals surface area contributed by atoms with Crippen LogP contribution >= 0.6 is 15.9 Å². The number of likely N-dealkylation sites (N-methyl/N-ethyl adjacent to an activating group) is 1. The Hall–Kier alpha value is -3.18. The Bertz CT molecular complexity index is 921.